The summed E-state index contributed by atoms with van der Waals surface area (Å²) in [6, 6.07) is 5.71. The van der Waals surface area contributed by atoms with Crippen LogP contribution in [0.5, 0.6) is 0 Å². The fraction of sp³-hybridized carbons (Fsp3) is 0.562. The van der Waals surface area contributed by atoms with Crippen LogP contribution < -0.4 is 10.6 Å². The van der Waals surface area contributed by atoms with Crippen molar-refractivity contribution < 1.29 is 14.8 Å². The molecule has 1 aromatic carbocycles. The minimum absolute atomic E-state index is 0.0649. The molecule has 0 radical (unpaired) electrons. The quantitative estimate of drug-likeness (QED) is 0.478. The minimum Gasteiger partial charge on any atom is -0.389 e. The SMILES string of the molecule is CCC(O)(CC)CNC(C)CC(=O)Nc1cccc([N+](=O)[O-])c1. The number of hydrogen-bond donors (Lipinski definition) is 3. The molecule has 0 bridgehead atoms. The summed E-state index contributed by atoms with van der Waals surface area (Å²) < 4.78 is 0. The van der Waals surface area contributed by atoms with Crippen molar-refractivity contribution in [1.82, 2.24) is 5.32 Å². The predicted octanol–water partition coefficient (Wildman–Crippen LogP) is 2.45. The molecule has 0 spiro atoms. The number of rotatable bonds is 9. The van der Waals surface area contributed by atoms with Gasteiger partial charge in [0.25, 0.3) is 5.69 Å². The van der Waals surface area contributed by atoms with Crippen molar-refractivity contribution in [2.45, 2.75) is 51.7 Å². The highest BCUT2D eigenvalue weighted by molar-refractivity contribution is 5.91. The van der Waals surface area contributed by atoms with Gasteiger partial charge in [-0.3, -0.25) is 14.9 Å². The lowest BCUT2D eigenvalue weighted by atomic mass is 9.97. The summed E-state index contributed by atoms with van der Waals surface area (Å²) in [7, 11) is 0. The molecule has 0 saturated carbocycles. The van der Waals surface area contributed by atoms with Crippen LogP contribution in [0.25, 0.3) is 0 Å². The molecule has 1 atom stereocenters. The Hall–Kier alpha value is -1.99. The van der Waals surface area contributed by atoms with E-state index in [0.717, 1.165) is 0 Å². The van der Waals surface area contributed by atoms with Gasteiger partial charge in [-0.15, -0.1) is 0 Å². The van der Waals surface area contributed by atoms with Crippen molar-refractivity contribution in [1.29, 1.82) is 0 Å². The molecule has 128 valence electrons. The first-order valence-electron chi connectivity index (χ1n) is 7.79. The fourth-order valence-corrected chi connectivity index (χ4v) is 2.12. The molecule has 1 aromatic rings. The van der Waals surface area contributed by atoms with Gasteiger partial charge < -0.3 is 15.7 Å². The Balaban J connectivity index is 2.50. The molecule has 1 rings (SSSR count). The second-order valence-electron chi connectivity index (χ2n) is 5.77. The molecule has 7 nitrogen and oxygen atoms in total. The van der Waals surface area contributed by atoms with E-state index in [-0.39, 0.29) is 24.1 Å². The highest BCUT2D eigenvalue weighted by atomic mass is 16.6. The van der Waals surface area contributed by atoms with Crippen LogP contribution in [0, 0.1) is 10.1 Å². The normalized spacial score (nSPS) is 12.7. The molecule has 7 heteroatoms. The number of aliphatic hydroxyl groups is 1. The smallest absolute Gasteiger partial charge is 0.271 e. The second kappa shape index (κ2) is 8.59. The molecule has 0 aromatic heterocycles. The van der Waals surface area contributed by atoms with Gasteiger partial charge in [0, 0.05) is 36.8 Å². The van der Waals surface area contributed by atoms with Crippen molar-refractivity contribution in [2.75, 3.05) is 11.9 Å². The van der Waals surface area contributed by atoms with Crippen LogP contribution in [-0.2, 0) is 4.79 Å². The zero-order valence-corrected chi connectivity index (χ0v) is 13.8. The van der Waals surface area contributed by atoms with Crippen molar-refractivity contribution in [3.63, 3.8) is 0 Å². The fourth-order valence-electron chi connectivity index (χ4n) is 2.12. The first-order chi connectivity index (χ1) is 10.8. The maximum absolute atomic E-state index is 12.0. The second-order valence-corrected chi connectivity index (χ2v) is 5.77. The number of nitrogens with one attached hydrogen (secondary N) is 2. The molecule has 3 N–H and O–H groups in total. The Morgan fingerprint density at radius 1 is 1.39 bits per heavy atom. The van der Waals surface area contributed by atoms with E-state index in [0.29, 0.717) is 25.1 Å². The summed E-state index contributed by atoms with van der Waals surface area (Å²) >= 11 is 0. The first kappa shape index (κ1) is 19.1. The van der Waals surface area contributed by atoms with Crippen LogP contribution in [0.2, 0.25) is 0 Å². The maximum Gasteiger partial charge on any atom is 0.271 e. The Kier molecular flexibility index (Phi) is 7.12. The number of nitro benzene ring substituents is 1. The summed E-state index contributed by atoms with van der Waals surface area (Å²) in [6.45, 7) is 6.12. The van der Waals surface area contributed by atoms with Gasteiger partial charge in [0.1, 0.15) is 0 Å². The number of benzene rings is 1. The van der Waals surface area contributed by atoms with Crippen LogP contribution in [0.4, 0.5) is 11.4 Å². The molecular formula is C16H25N3O4. The maximum atomic E-state index is 12.0. The summed E-state index contributed by atoms with van der Waals surface area (Å²) in [5.41, 5.74) is -0.426. The summed E-state index contributed by atoms with van der Waals surface area (Å²) in [5.74, 6) is -0.234. The molecule has 1 unspecified atom stereocenters. The number of nitrogens with zero attached hydrogens (tertiary/aromatic N) is 1. The highest BCUT2D eigenvalue weighted by Crippen LogP contribution is 2.17. The van der Waals surface area contributed by atoms with Gasteiger partial charge in [-0.05, 0) is 25.8 Å². The average Bonchev–Trinajstić information content (AvgIpc) is 2.52. The molecule has 0 fully saturated rings. The van der Waals surface area contributed by atoms with Gasteiger partial charge in [0.05, 0.1) is 10.5 Å². The molecule has 1 amide bonds. The number of non-ortho nitro benzene ring substituents is 1. The van der Waals surface area contributed by atoms with Crippen LogP contribution >= 0.6 is 0 Å². The van der Waals surface area contributed by atoms with E-state index in [1.807, 2.05) is 20.8 Å². The van der Waals surface area contributed by atoms with Gasteiger partial charge in [-0.2, -0.15) is 0 Å². The van der Waals surface area contributed by atoms with Crippen molar-refractivity contribution in [2.24, 2.45) is 0 Å². The van der Waals surface area contributed by atoms with Gasteiger partial charge in [-0.25, -0.2) is 0 Å². The topological polar surface area (TPSA) is 104 Å². The summed E-state index contributed by atoms with van der Waals surface area (Å²) in [4.78, 5) is 22.2. The lowest BCUT2D eigenvalue weighted by Gasteiger charge is -2.27. The van der Waals surface area contributed by atoms with Crippen molar-refractivity contribution in [3.8, 4) is 0 Å². The Morgan fingerprint density at radius 3 is 2.61 bits per heavy atom. The van der Waals surface area contributed by atoms with E-state index in [9.17, 15) is 20.0 Å². The van der Waals surface area contributed by atoms with E-state index < -0.39 is 10.5 Å². The van der Waals surface area contributed by atoms with E-state index >= 15 is 0 Å². The standard InChI is InChI=1S/C16H25N3O4/c1-4-16(21,5-2)11-17-12(3)9-15(20)18-13-7-6-8-14(10-13)19(22)23/h6-8,10,12,17,21H,4-5,9,11H2,1-3H3,(H,18,20). The van der Waals surface area contributed by atoms with E-state index in [4.69, 9.17) is 0 Å². The zero-order chi connectivity index (χ0) is 17.5. The molecule has 0 aliphatic heterocycles. The average molecular weight is 323 g/mol. The Labute approximate surface area is 136 Å². The lowest BCUT2D eigenvalue weighted by molar-refractivity contribution is -0.384. The van der Waals surface area contributed by atoms with Crippen LogP contribution in [-0.4, -0.2) is 34.1 Å². The number of amides is 1. The first-order valence-corrected chi connectivity index (χ1v) is 7.79. The number of anilines is 1. The molecule has 0 heterocycles. The van der Waals surface area contributed by atoms with Gasteiger partial charge in [0.15, 0.2) is 0 Å². The van der Waals surface area contributed by atoms with Crippen LogP contribution in [0.3, 0.4) is 0 Å². The molecule has 0 aliphatic carbocycles. The Bertz CT molecular complexity index is 544. The minimum atomic E-state index is -0.759. The van der Waals surface area contributed by atoms with Gasteiger partial charge >= 0.3 is 0 Å². The number of hydrogen-bond acceptors (Lipinski definition) is 5. The number of nitro groups is 1. The summed E-state index contributed by atoms with van der Waals surface area (Å²) in [6.07, 6.45) is 1.50. The van der Waals surface area contributed by atoms with Gasteiger partial charge in [-0.1, -0.05) is 19.9 Å². The number of carbonyl (C=O) groups is 1. The molecular weight excluding hydrogens is 298 g/mol. The largest absolute Gasteiger partial charge is 0.389 e. The van der Waals surface area contributed by atoms with Crippen molar-refractivity contribution in [3.05, 3.63) is 34.4 Å². The number of carbonyl (C=O) groups excluding carboxylic acids is 1. The van der Waals surface area contributed by atoms with E-state index in [2.05, 4.69) is 10.6 Å². The Morgan fingerprint density at radius 2 is 2.04 bits per heavy atom. The monoisotopic (exact) mass is 323 g/mol. The summed E-state index contributed by atoms with van der Waals surface area (Å²) in [5, 5.41) is 26.7. The third kappa shape index (κ3) is 6.33. The molecule has 0 saturated heterocycles. The zero-order valence-electron chi connectivity index (χ0n) is 13.8. The van der Waals surface area contributed by atoms with E-state index in [1.54, 1.807) is 6.07 Å². The van der Waals surface area contributed by atoms with Gasteiger partial charge in [0.2, 0.25) is 5.91 Å². The lowest BCUT2D eigenvalue weighted by Crippen LogP contribution is -2.43. The van der Waals surface area contributed by atoms with Crippen molar-refractivity contribution >= 4 is 17.3 Å². The van der Waals surface area contributed by atoms with Crippen LogP contribution in [0.1, 0.15) is 40.0 Å². The predicted molar refractivity (Wildman–Crippen MR) is 89.3 cm³/mol. The highest BCUT2D eigenvalue weighted by Gasteiger charge is 2.23. The molecule has 23 heavy (non-hydrogen) atoms. The third-order valence-electron chi connectivity index (χ3n) is 3.93. The van der Waals surface area contributed by atoms with E-state index in [1.165, 1.54) is 18.2 Å². The van der Waals surface area contributed by atoms with Crippen LogP contribution in [0.15, 0.2) is 24.3 Å². The third-order valence-corrected chi connectivity index (χ3v) is 3.93. The molecule has 0 aliphatic rings.